The smallest absolute Gasteiger partial charge is 0.258 e. The molecule has 5 nitrogen and oxygen atoms in total. The van der Waals surface area contributed by atoms with Gasteiger partial charge >= 0.3 is 0 Å². The standard InChI is InChI=1S/C16H17N3O2S/c1-19(2)7-6-17-15(20)10-3-4-11-13(9-10)18-16(21)12-5-8-22-14(11)12/h3-5,8-9,12H,6-7H2,1-2H3,(H,17,20). The number of benzene rings is 1. The van der Waals surface area contributed by atoms with Gasteiger partial charge in [-0.2, -0.15) is 0 Å². The largest absolute Gasteiger partial charge is 0.351 e. The third-order valence-electron chi connectivity index (χ3n) is 3.62. The highest BCUT2D eigenvalue weighted by Gasteiger charge is 2.27. The highest BCUT2D eigenvalue weighted by atomic mass is 32.2. The van der Waals surface area contributed by atoms with Gasteiger partial charge in [-0.3, -0.25) is 9.59 Å². The molecule has 1 aromatic carbocycles. The number of rotatable bonds is 4. The molecule has 22 heavy (non-hydrogen) atoms. The van der Waals surface area contributed by atoms with Crippen LogP contribution >= 0.6 is 11.8 Å². The molecule has 0 saturated heterocycles. The lowest BCUT2D eigenvalue weighted by molar-refractivity contribution is -0.119. The lowest BCUT2D eigenvalue weighted by atomic mass is 10.0. The van der Waals surface area contributed by atoms with Gasteiger partial charge in [0.2, 0.25) is 0 Å². The fourth-order valence-electron chi connectivity index (χ4n) is 2.43. The van der Waals surface area contributed by atoms with Crippen molar-refractivity contribution < 1.29 is 9.59 Å². The normalized spacial score (nSPS) is 19.0. The summed E-state index contributed by atoms with van der Waals surface area (Å²) >= 11 is 1.55. The molecule has 0 saturated carbocycles. The van der Waals surface area contributed by atoms with Crippen LogP contribution in [-0.2, 0) is 4.79 Å². The second kappa shape index (κ2) is 6.06. The average Bonchev–Trinajstić information content (AvgIpc) is 2.96. The lowest BCUT2D eigenvalue weighted by Gasteiger charge is -2.13. The van der Waals surface area contributed by atoms with E-state index in [1.165, 1.54) is 0 Å². The molecule has 6 heteroatoms. The van der Waals surface area contributed by atoms with Crippen molar-refractivity contribution in [1.29, 1.82) is 0 Å². The van der Waals surface area contributed by atoms with Gasteiger partial charge in [-0.25, -0.2) is 4.99 Å². The number of hydrogen-bond donors (Lipinski definition) is 1. The quantitative estimate of drug-likeness (QED) is 0.857. The van der Waals surface area contributed by atoms with Gasteiger partial charge in [0.1, 0.15) is 0 Å². The maximum absolute atomic E-state index is 12.1. The second-order valence-corrected chi connectivity index (χ2v) is 6.48. The first-order chi connectivity index (χ1) is 10.6. The third-order valence-corrected chi connectivity index (χ3v) is 4.64. The predicted molar refractivity (Wildman–Crippen MR) is 86.7 cm³/mol. The first kappa shape index (κ1) is 15.0. The van der Waals surface area contributed by atoms with E-state index in [0.717, 1.165) is 16.7 Å². The minimum absolute atomic E-state index is 0.142. The van der Waals surface area contributed by atoms with E-state index < -0.39 is 0 Å². The Morgan fingerprint density at radius 2 is 2.23 bits per heavy atom. The van der Waals surface area contributed by atoms with Gasteiger partial charge in [0, 0.05) is 28.8 Å². The van der Waals surface area contributed by atoms with Gasteiger partial charge in [0.15, 0.2) is 0 Å². The third kappa shape index (κ3) is 2.84. The zero-order valence-electron chi connectivity index (χ0n) is 12.5. The summed E-state index contributed by atoms with van der Waals surface area (Å²) in [5.41, 5.74) is 0.532. The van der Waals surface area contributed by atoms with Crippen molar-refractivity contribution in [3.63, 3.8) is 0 Å². The molecule has 1 N–H and O–H groups in total. The number of carbonyl (C=O) groups excluding carboxylic acids is 2. The van der Waals surface area contributed by atoms with Crippen LogP contribution in [0.15, 0.2) is 34.7 Å². The van der Waals surface area contributed by atoms with Crippen molar-refractivity contribution in [2.24, 2.45) is 10.9 Å². The zero-order valence-corrected chi connectivity index (χ0v) is 13.3. The summed E-state index contributed by atoms with van der Waals surface area (Å²) < 4.78 is 0. The number of carbonyl (C=O) groups is 2. The van der Waals surface area contributed by atoms with E-state index in [9.17, 15) is 9.59 Å². The number of fused-ring (bicyclic) bond motifs is 2. The summed E-state index contributed by atoms with van der Waals surface area (Å²) in [6.07, 6.45) is 1.87. The SMILES string of the molecule is CN(C)CCNC(=O)c1ccc2c(c1)=NC(=O)C1C=CSC=21. The average molecular weight is 315 g/mol. The minimum atomic E-state index is -0.239. The van der Waals surface area contributed by atoms with Crippen LogP contribution in [0.3, 0.4) is 0 Å². The van der Waals surface area contributed by atoms with Crippen LogP contribution in [-0.4, -0.2) is 43.9 Å². The van der Waals surface area contributed by atoms with Gasteiger partial charge in [-0.05, 0) is 31.6 Å². The van der Waals surface area contributed by atoms with E-state index in [2.05, 4.69) is 10.3 Å². The Hall–Kier alpha value is -1.92. The molecule has 1 unspecified atom stereocenters. The lowest BCUT2D eigenvalue weighted by Crippen LogP contribution is -2.37. The van der Waals surface area contributed by atoms with Crippen LogP contribution in [0.2, 0.25) is 0 Å². The summed E-state index contributed by atoms with van der Waals surface area (Å²) in [6, 6.07) is 5.37. The predicted octanol–water partition coefficient (Wildman–Crippen LogP) is 0.123. The Morgan fingerprint density at radius 3 is 3.00 bits per heavy atom. The molecule has 0 aliphatic carbocycles. The molecule has 0 radical (unpaired) electrons. The molecule has 3 rings (SSSR count). The van der Waals surface area contributed by atoms with Crippen molar-refractivity contribution in [3.05, 3.63) is 45.8 Å². The van der Waals surface area contributed by atoms with Gasteiger partial charge in [-0.1, -0.05) is 12.1 Å². The van der Waals surface area contributed by atoms with Crippen LogP contribution in [0.5, 0.6) is 0 Å². The van der Waals surface area contributed by atoms with E-state index in [0.29, 0.717) is 17.5 Å². The van der Waals surface area contributed by atoms with Crippen LogP contribution in [0.4, 0.5) is 0 Å². The maximum atomic E-state index is 12.1. The summed E-state index contributed by atoms with van der Waals surface area (Å²) in [7, 11) is 3.91. The van der Waals surface area contributed by atoms with Gasteiger partial charge < -0.3 is 10.2 Å². The number of likely N-dealkylation sites (N-methyl/N-ethyl adjacent to an activating group) is 1. The highest BCUT2D eigenvalue weighted by molar-refractivity contribution is 8.10. The van der Waals surface area contributed by atoms with Crippen LogP contribution in [0.25, 0.3) is 4.91 Å². The fraction of sp³-hybridized carbons (Fsp3) is 0.312. The topological polar surface area (TPSA) is 61.8 Å². The van der Waals surface area contributed by atoms with E-state index in [4.69, 9.17) is 0 Å². The molecule has 2 aliphatic heterocycles. The Bertz CT molecular complexity index is 783. The second-order valence-electron chi connectivity index (χ2n) is 5.53. The fourth-order valence-corrected chi connectivity index (χ4v) is 3.44. The first-order valence-electron chi connectivity index (χ1n) is 7.09. The Labute approximate surface area is 132 Å². The minimum Gasteiger partial charge on any atom is -0.351 e. The molecule has 0 bridgehead atoms. The number of amides is 2. The Morgan fingerprint density at radius 1 is 1.41 bits per heavy atom. The van der Waals surface area contributed by atoms with Gasteiger partial charge in [-0.15, -0.1) is 11.8 Å². The van der Waals surface area contributed by atoms with Crippen molar-refractivity contribution in [2.75, 3.05) is 27.2 Å². The van der Waals surface area contributed by atoms with Crippen molar-refractivity contribution in [2.45, 2.75) is 0 Å². The molecule has 2 amide bonds. The molecular formula is C16H17N3O2S. The molecule has 0 fully saturated rings. The number of nitrogens with one attached hydrogen (secondary N) is 1. The first-order valence-corrected chi connectivity index (χ1v) is 7.97. The summed E-state index contributed by atoms with van der Waals surface area (Å²) in [5, 5.41) is 6.32. The number of nitrogens with zero attached hydrogens (tertiary/aromatic N) is 2. The molecule has 1 aromatic rings. The van der Waals surface area contributed by atoms with Gasteiger partial charge in [0.25, 0.3) is 11.8 Å². The van der Waals surface area contributed by atoms with Crippen LogP contribution in [0, 0.1) is 5.92 Å². The Kier molecular flexibility index (Phi) is 4.13. The van der Waals surface area contributed by atoms with Crippen LogP contribution in [0.1, 0.15) is 10.4 Å². The zero-order chi connectivity index (χ0) is 15.7. The number of thioether (sulfide) groups is 1. The molecule has 0 aromatic heterocycles. The maximum Gasteiger partial charge on any atom is 0.258 e. The molecule has 114 valence electrons. The monoisotopic (exact) mass is 315 g/mol. The summed E-state index contributed by atoms with van der Waals surface area (Å²) in [6.45, 7) is 1.36. The van der Waals surface area contributed by atoms with E-state index in [1.807, 2.05) is 36.5 Å². The summed E-state index contributed by atoms with van der Waals surface area (Å²) in [4.78, 5) is 31.3. The van der Waals surface area contributed by atoms with Crippen LogP contribution < -0.4 is 15.9 Å². The summed E-state index contributed by atoms with van der Waals surface area (Å²) in [5.74, 6) is -0.539. The number of hydrogen-bond acceptors (Lipinski definition) is 4. The van der Waals surface area contributed by atoms with E-state index in [-0.39, 0.29) is 17.7 Å². The Balaban J connectivity index is 1.88. The highest BCUT2D eigenvalue weighted by Crippen LogP contribution is 2.35. The van der Waals surface area contributed by atoms with Crippen molar-refractivity contribution in [1.82, 2.24) is 10.2 Å². The van der Waals surface area contributed by atoms with Crippen molar-refractivity contribution >= 4 is 28.5 Å². The van der Waals surface area contributed by atoms with Gasteiger partial charge in [0.05, 0.1) is 11.3 Å². The molecule has 2 aliphatic rings. The van der Waals surface area contributed by atoms with Crippen molar-refractivity contribution in [3.8, 4) is 0 Å². The molecular weight excluding hydrogens is 298 g/mol. The molecule has 0 spiro atoms. The molecule has 1 atom stereocenters. The molecule has 2 heterocycles. The van der Waals surface area contributed by atoms with E-state index in [1.54, 1.807) is 23.9 Å². The van der Waals surface area contributed by atoms with E-state index >= 15 is 0 Å².